The number of piperidine rings is 1. The van der Waals surface area contributed by atoms with E-state index in [1.54, 1.807) is 0 Å². The number of aliphatic carboxylic acids is 1. The molecule has 2 fully saturated rings. The molecule has 2 heterocycles. The molecule has 1 amide bonds. The molecular weight excluding hydrogens is 294 g/mol. The van der Waals surface area contributed by atoms with Crippen LogP contribution in [0, 0.1) is 11.8 Å². The maximum atomic E-state index is 12.9. The van der Waals surface area contributed by atoms with Crippen LogP contribution in [-0.4, -0.2) is 28.4 Å². The first kappa shape index (κ1) is 16.1. The van der Waals surface area contributed by atoms with E-state index >= 15 is 0 Å². The Hall–Kier alpha value is -1.78. The number of amides is 1. The van der Waals surface area contributed by atoms with E-state index in [0.717, 1.165) is 43.7 Å². The van der Waals surface area contributed by atoms with Crippen LogP contribution < -0.4 is 0 Å². The molecule has 5 heteroatoms. The number of carbonyl (C=O) groups is 2. The van der Waals surface area contributed by atoms with Crippen LogP contribution in [0.5, 0.6) is 0 Å². The van der Waals surface area contributed by atoms with Crippen LogP contribution in [0.1, 0.15) is 63.0 Å². The number of carboxylic acid groups (broad SMARTS) is 1. The normalized spacial score (nSPS) is 28.0. The van der Waals surface area contributed by atoms with Crippen LogP contribution in [0.15, 0.2) is 16.5 Å². The summed E-state index contributed by atoms with van der Waals surface area (Å²) in [5.74, 6) is 0.675. The predicted octanol–water partition coefficient (Wildman–Crippen LogP) is 3.40. The van der Waals surface area contributed by atoms with Gasteiger partial charge in [-0.05, 0) is 50.7 Å². The number of likely N-dealkylation sites (tertiary alicyclic amines) is 1. The Morgan fingerprint density at radius 3 is 2.65 bits per heavy atom. The van der Waals surface area contributed by atoms with Crippen molar-refractivity contribution in [2.75, 3.05) is 6.54 Å². The second-order valence-corrected chi connectivity index (χ2v) is 6.75. The van der Waals surface area contributed by atoms with Crippen molar-refractivity contribution in [1.82, 2.24) is 4.90 Å². The maximum Gasteiger partial charge on any atom is 0.306 e. The number of carbonyl (C=O) groups excluding carboxylic acids is 1. The third-order valence-electron chi connectivity index (χ3n) is 5.28. The maximum absolute atomic E-state index is 12.9. The van der Waals surface area contributed by atoms with E-state index in [0.29, 0.717) is 19.3 Å². The largest absolute Gasteiger partial charge is 0.481 e. The zero-order chi connectivity index (χ0) is 16.4. The summed E-state index contributed by atoms with van der Waals surface area (Å²) < 4.78 is 5.89. The van der Waals surface area contributed by atoms with Crippen LogP contribution in [0.3, 0.4) is 0 Å². The molecule has 1 N–H and O–H groups in total. The lowest BCUT2D eigenvalue weighted by molar-refractivity contribution is -0.142. The molecule has 0 spiro atoms. The molecule has 3 atom stereocenters. The molecule has 0 bridgehead atoms. The first-order chi connectivity index (χ1) is 11.1. The Balaban J connectivity index is 1.73. The Kier molecular flexibility index (Phi) is 4.74. The van der Waals surface area contributed by atoms with Gasteiger partial charge in [0.15, 0.2) is 0 Å². The van der Waals surface area contributed by atoms with Crippen LogP contribution in [-0.2, 0) is 16.0 Å². The topological polar surface area (TPSA) is 70.8 Å². The predicted molar refractivity (Wildman–Crippen MR) is 84.9 cm³/mol. The zero-order valence-corrected chi connectivity index (χ0v) is 13.7. The van der Waals surface area contributed by atoms with Gasteiger partial charge in [0.05, 0.1) is 12.0 Å². The molecule has 2 aliphatic rings. The van der Waals surface area contributed by atoms with Crippen molar-refractivity contribution >= 4 is 11.9 Å². The Labute approximate surface area is 136 Å². The minimum Gasteiger partial charge on any atom is -0.481 e. The van der Waals surface area contributed by atoms with Gasteiger partial charge in [-0.3, -0.25) is 9.59 Å². The number of hydrogen-bond acceptors (Lipinski definition) is 3. The van der Waals surface area contributed by atoms with Crippen molar-refractivity contribution in [2.24, 2.45) is 11.8 Å². The van der Waals surface area contributed by atoms with Gasteiger partial charge in [0.1, 0.15) is 11.5 Å². The third kappa shape index (κ3) is 3.28. The highest BCUT2D eigenvalue weighted by Crippen LogP contribution is 2.38. The van der Waals surface area contributed by atoms with E-state index in [2.05, 4.69) is 6.92 Å². The first-order valence-corrected chi connectivity index (χ1v) is 8.72. The number of hydrogen-bond donors (Lipinski definition) is 1. The van der Waals surface area contributed by atoms with Gasteiger partial charge < -0.3 is 14.4 Å². The van der Waals surface area contributed by atoms with E-state index in [1.807, 2.05) is 17.0 Å². The van der Waals surface area contributed by atoms with Gasteiger partial charge in [0.25, 0.3) is 0 Å². The van der Waals surface area contributed by atoms with Crippen molar-refractivity contribution in [1.29, 1.82) is 0 Å². The first-order valence-electron chi connectivity index (χ1n) is 8.72. The van der Waals surface area contributed by atoms with Crippen molar-refractivity contribution in [3.63, 3.8) is 0 Å². The minimum absolute atomic E-state index is 0.0143. The Morgan fingerprint density at radius 1 is 1.22 bits per heavy atom. The fourth-order valence-electron chi connectivity index (χ4n) is 3.92. The summed E-state index contributed by atoms with van der Waals surface area (Å²) in [4.78, 5) is 26.0. The number of rotatable bonds is 4. The molecule has 3 rings (SSSR count). The van der Waals surface area contributed by atoms with Gasteiger partial charge in [0.2, 0.25) is 5.91 Å². The highest BCUT2D eigenvalue weighted by Gasteiger charge is 2.39. The minimum atomic E-state index is -0.769. The van der Waals surface area contributed by atoms with E-state index in [4.69, 9.17) is 9.52 Å². The summed E-state index contributed by atoms with van der Waals surface area (Å²) in [6.45, 7) is 2.80. The average Bonchev–Trinajstić information content (AvgIpc) is 3.23. The fraction of sp³-hybridized carbons (Fsp3) is 0.667. The third-order valence-corrected chi connectivity index (χ3v) is 5.28. The van der Waals surface area contributed by atoms with E-state index in [9.17, 15) is 9.59 Å². The van der Waals surface area contributed by atoms with Gasteiger partial charge in [-0.25, -0.2) is 0 Å². The summed E-state index contributed by atoms with van der Waals surface area (Å²) in [5.41, 5.74) is 0. The van der Waals surface area contributed by atoms with Gasteiger partial charge in [-0.15, -0.1) is 0 Å². The van der Waals surface area contributed by atoms with Crippen molar-refractivity contribution in [3.05, 3.63) is 23.7 Å². The smallest absolute Gasteiger partial charge is 0.306 e. The highest BCUT2D eigenvalue weighted by molar-refractivity contribution is 5.81. The summed E-state index contributed by atoms with van der Waals surface area (Å²) in [7, 11) is 0. The second kappa shape index (κ2) is 6.77. The summed E-state index contributed by atoms with van der Waals surface area (Å²) in [6, 6.07) is 3.99. The lowest BCUT2D eigenvalue weighted by Gasteiger charge is -2.36. The molecule has 0 aromatic carbocycles. The van der Waals surface area contributed by atoms with E-state index in [-0.39, 0.29) is 23.8 Å². The molecule has 5 nitrogen and oxygen atoms in total. The Bertz CT molecular complexity index is 579. The second-order valence-electron chi connectivity index (χ2n) is 6.75. The standard InChI is InChI=1S/C18H25NO4/c1-2-14-8-9-16(23-14)15-5-3-4-10-19(15)17(20)12-6-7-13(11-12)18(21)22/h8-9,12-13,15H,2-7,10-11H2,1H3,(H,21,22)/t12-,13+,15?/m1/s1. The van der Waals surface area contributed by atoms with Crippen LogP contribution in [0.4, 0.5) is 0 Å². The molecule has 0 radical (unpaired) electrons. The molecule has 1 saturated heterocycles. The highest BCUT2D eigenvalue weighted by atomic mass is 16.4. The summed E-state index contributed by atoms with van der Waals surface area (Å²) >= 11 is 0. The SMILES string of the molecule is CCc1ccc(C2CCCCN2C(=O)[C@@H]2CC[C@H](C(=O)O)C2)o1. The molecule has 1 aliphatic heterocycles. The summed E-state index contributed by atoms with van der Waals surface area (Å²) in [5, 5.41) is 9.14. The molecule has 1 unspecified atom stereocenters. The quantitative estimate of drug-likeness (QED) is 0.923. The van der Waals surface area contributed by atoms with Crippen LogP contribution >= 0.6 is 0 Å². The lowest BCUT2D eigenvalue weighted by Crippen LogP contribution is -2.41. The van der Waals surface area contributed by atoms with Gasteiger partial charge in [-0.2, -0.15) is 0 Å². The number of carboxylic acids is 1. The molecular formula is C18H25NO4. The molecule has 23 heavy (non-hydrogen) atoms. The molecule has 1 aliphatic carbocycles. The zero-order valence-electron chi connectivity index (χ0n) is 13.7. The van der Waals surface area contributed by atoms with Crippen molar-refractivity contribution in [2.45, 2.75) is 57.9 Å². The van der Waals surface area contributed by atoms with Crippen LogP contribution in [0.25, 0.3) is 0 Å². The number of furan rings is 1. The van der Waals surface area contributed by atoms with E-state index < -0.39 is 5.97 Å². The fourth-order valence-corrected chi connectivity index (χ4v) is 3.92. The van der Waals surface area contributed by atoms with Crippen molar-refractivity contribution < 1.29 is 19.1 Å². The molecule has 126 valence electrons. The monoisotopic (exact) mass is 319 g/mol. The van der Waals surface area contributed by atoms with E-state index in [1.165, 1.54) is 0 Å². The molecule has 1 saturated carbocycles. The Morgan fingerprint density at radius 2 is 2.00 bits per heavy atom. The number of nitrogens with zero attached hydrogens (tertiary/aromatic N) is 1. The van der Waals surface area contributed by atoms with Crippen molar-refractivity contribution in [3.8, 4) is 0 Å². The molecule has 1 aromatic heterocycles. The van der Waals surface area contributed by atoms with Crippen LogP contribution in [0.2, 0.25) is 0 Å². The summed E-state index contributed by atoms with van der Waals surface area (Å²) in [6.07, 6.45) is 5.68. The van der Waals surface area contributed by atoms with Gasteiger partial charge in [0, 0.05) is 18.9 Å². The number of aryl methyl sites for hydroxylation is 1. The van der Waals surface area contributed by atoms with Gasteiger partial charge in [-0.1, -0.05) is 6.92 Å². The molecule has 1 aromatic rings. The average molecular weight is 319 g/mol. The lowest BCUT2D eigenvalue weighted by atomic mass is 9.96. The van der Waals surface area contributed by atoms with Gasteiger partial charge >= 0.3 is 5.97 Å².